The van der Waals surface area contributed by atoms with Crippen molar-refractivity contribution < 1.29 is 4.79 Å². The summed E-state index contributed by atoms with van der Waals surface area (Å²) in [7, 11) is 1.87. The molecule has 0 aliphatic heterocycles. The summed E-state index contributed by atoms with van der Waals surface area (Å²) in [6.45, 7) is 8.12. The zero-order valence-electron chi connectivity index (χ0n) is 12.7. The van der Waals surface area contributed by atoms with Gasteiger partial charge in [-0.3, -0.25) is 9.48 Å². The van der Waals surface area contributed by atoms with Crippen LogP contribution in [0.4, 0.5) is 5.69 Å². The van der Waals surface area contributed by atoms with Gasteiger partial charge in [0.15, 0.2) is 0 Å². The number of rotatable bonds is 4. The molecule has 0 spiro atoms. The van der Waals surface area contributed by atoms with Crippen molar-refractivity contribution in [1.82, 2.24) is 15.1 Å². The van der Waals surface area contributed by atoms with Crippen LogP contribution in [0.5, 0.6) is 0 Å². The van der Waals surface area contributed by atoms with Gasteiger partial charge >= 0.3 is 0 Å². The Morgan fingerprint density at radius 3 is 2.55 bits per heavy atom. The maximum atomic E-state index is 12.5. The molecule has 0 fully saturated rings. The largest absolute Gasteiger partial charge is 0.397 e. The van der Waals surface area contributed by atoms with Crippen LogP contribution < -0.4 is 11.1 Å². The fourth-order valence-corrected chi connectivity index (χ4v) is 3.34. The van der Waals surface area contributed by atoms with E-state index in [1.54, 1.807) is 4.68 Å². The van der Waals surface area contributed by atoms with Crippen LogP contribution in [0.3, 0.4) is 0 Å². The number of nitrogen functional groups attached to an aromatic ring is 1. The lowest BCUT2D eigenvalue weighted by atomic mass is 9.95. The lowest BCUT2D eigenvalue weighted by molar-refractivity contribution is 0.0906. The molecule has 0 atom stereocenters. The Kier molecular flexibility index (Phi) is 3.77. The third-order valence-corrected chi connectivity index (χ3v) is 5.34. The number of fused-ring (bicyclic) bond motifs is 1. The molecule has 0 radical (unpaired) electrons. The SMILES string of the molecule is CCC(C)(CC)NC(=O)c1sc2c(c(C)nn2C)c1N. The zero-order chi connectivity index (χ0) is 15.1. The van der Waals surface area contributed by atoms with Gasteiger partial charge in [0, 0.05) is 12.6 Å². The first-order valence-corrected chi connectivity index (χ1v) is 7.68. The lowest BCUT2D eigenvalue weighted by Gasteiger charge is -2.28. The summed E-state index contributed by atoms with van der Waals surface area (Å²) in [5.41, 5.74) is 7.37. The maximum absolute atomic E-state index is 12.5. The van der Waals surface area contributed by atoms with Gasteiger partial charge in [0.2, 0.25) is 0 Å². The highest BCUT2D eigenvalue weighted by Crippen LogP contribution is 2.35. The van der Waals surface area contributed by atoms with Crippen molar-refractivity contribution in [1.29, 1.82) is 0 Å². The maximum Gasteiger partial charge on any atom is 0.263 e. The van der Waals surface area contributed by atoms with Gasteiger partial charge in [-0.1, -0.05) is 13.8 Å². The van der Waals surface area contributed by atoms with Crippen molar-refractivity contribution in [2.24, 2.45) is 7.05 Å². The summed E-state index contributed by atoms with van der Waals surface area (Å²) >= 11 is 1.40. The standard InChI is InChI=1S/C14H22N4OS/c1-6-14(4,7-2)16-12(19)11-10(15)9-8(3)17-18(5)13(9)20-11/h6-7,15H2,1-5H3,(H,16,19). The van der Waals surface area contributed by atoms with Gasteiger partial charge in [-0.25, -0.2) is 0 Å². The number of aryl methyl sites for hydroxylation is 2. The molecule has 20 heavy (non-hydrogen) atoms. The molecule has 2 aromatic heterocycles. The molecule has 2 rings (SSSR count). The van der Waals surface area contributed by atoms with Crippen molar-refractivity contribution in [2.75, 3.05) is 5.73 Å². The second-order valence-corrected chi connectivity index (χ2v) is 6.45. The summed E-state index contributed by atoms with van der Waals surface area (Å²) in [6, 6.07) is 0. The van der Waals surface area contributed by atoms with Gasteiger partial charge < -0.3 is 11.1 Å². The first-order chi connectivity index (χ1) is 9.33. The van der Waals surface area contributed by atoms with Gasteiger partial charge in [-0.05, 0) is 26.7 Å². The van der Waals surface area contributed by atoms with E-state index in [-0.39, 0.29) is 11.4 Å². The van der Waals surface area contributed by atoms with Crippen molar-refractivity contribution in [3.8, 4) is 0 Å². The molecular weight excluding hydrogens is 272 g/mol. The van der Waals surface area contributed by atoms with E-state index in [1.165, 1.54) is 11.3 Å². The van der Waals surface area contributed by atoms with E-state index in [4.69, 9.17) is 5.73 Å². The first-order valence-electron chi connectivity index (χ1n) is 6.87. The Morgan fingerprint density at radius 2 is 2.05 bits per heavy atom. The Labute approximate surface area is 123 Å². The van der Waals surface area contributed by atoms with E-state index in [1.807, 2.05) is 14.0 Å². The van der Waals surface area contributed by atoms with E-state index in [0.29, 0.717) is 10.6 Å². The fourth-order valence-electron chi connectivity index (χ4n) is 2.26. The number of nitrogens with one attached hydrogen (secondary N) is 1. The van der Waals surface area contributed by atoms with Crippen LogP contribution in [0.1, 0.15) is 49.0 Å². The van der Waals surface area contributed by atoms with Crippen LogP contribution in [-0.4, -0.2) is 21.2 Å². The second-order valence-electron chi connectivity index (χ2n) is 5.46. The highest BCUT2D eigenvalue weighted by molar-refractivity contribution is 7.21. The molecule has 6 heteroatoms. The van der Waals surface area contributed by atoms with Crippen molar-refractivity contribution in [2.45, 2.75) is 46.1 Å². The third-order valence-electron chi connectivity index (χ3n) is 4.06. The number of hydrogen-bond donors (Lipinski definition) is 2. The van der Waals surface area contributed by atoms with E-state index in [9.17, 15) is 4.79 Å². The average molecular weight is 294 g/mol. The van der Waals surface area contributed by atoms with Crippen LogP contribution >= 0.6 is 11.3 Å². The summed E-state index contributed by atoms with van der Waals surface area (Å²) < 4.78 is 1.78. The van der Waals surface area contributed by atoms with E-state index < -0.39 is 0 Å². The minimum Gasteiger partial charge on any atom is -0.397 e. The molecule has 1 amide bonds. The molecule has 0 saturated carbocycles. The Balaban J connectivity index is 2.41. The Hall–Kier alpha value is -1.56. The number of carbonyl (C=O) groups excluding carboxylic acids is 1. The number of nitrogens with zero attached hydrogens (tertiary/aromatic N) is 2. The number of thiophene rings is 1. The predicted octanol–water partition coefficient (Wildman–Crippen LogP) is 2.83. The highest BCUT2D eigenvalue weighted by atomic mass is 32.1. The Morgan fingerprint density at radius 1 is 1.45 bits per heavy atom. The summed E-state index contributed by atoms with van der Waals surface area (Å²) in [6.07, 6.45) is 1.78. The molecule has 0 aliphatic carbocycles. The summed E-state index contributed by atoms with van der Waals surface area (Å²) in [5, 5.41) is 8.34. The van der Waals surface area contributed by atoms with Crippen molar-refractivity contribution in [3.05, 3.63) is 10.6 Å². The van der Waals surface area contributed by atoms with Gasteiger partial charge in [0.25, 0.3) is 5.91 Å². The smallest absolute Gasteiger partial charge is 0.263 e. The lowest BCUT2D eigenvalue weighted by Crippen LogP contribution is -2.44. The predicted molar refractivity (Wildman–Crippen MR) is 84.2 cm³/mol. The average Bonchev–Trinajstić information content (AvgIpc) is 2.89. The van der Waals surface area contributed by atoms with E-state index in [2.05, 4.69) is 31.2 Å². The molecule has 110 valence electrons. The molecule has 0 aliphatic rings. The molecule has 0 unspecified atom stereocenters. The second kappa shape index (κ2) is 5.09. The van der Waals surface area contributed by atoms with Gasteiger partial charge in [0.05, 0.1) is 16.8 Å². The Bertz CT molecular complexity index is 652. The monoisotopic (exact) mass is 294 g/mol. The first kappa shape index (κ1) is 14.8. The quantitative estimate of drug-likeness (QED) is 0.910. The minimum absolute atomic E-state index is 0.0886. The highest BCUT2D eigenvalue weighted by Gasteiger charge is 2.26. The van der Waals surface area contributed by atoms with Crippen LogP contribution in [0.25, 0.3) is 10.2 Å². The number of amides is 1. The van der Waals surface area contributed by atoms with Crippen LogP contribution in [0, 0.1) is 6.92 Å². The third kappa shape index (κ3) is 2.28. The van der Waals surface area contributed by atoms with E-state index in [0.717, 1.165) is 28.8 Å². The molecule has 2 heterocycles. The molecule has 3 N–H and O–H groups in total. The van der Waals surface area contributed by atoms with Crippen molar-refractivity contribution >= 4 is 33.1 Å². The number of hydrogen-bond acceptors (Lipinski definition) is 4. The topological polar surface area (TPSA) is 72.9 Å². The molecular formula is C14H22N4OS. The number of nitrogens with two attached hydrogens (primary N) is 1. The van der Waals surface area contributed by atoms with Crippen molar-refractivity contribution in [3.63, 3.8) is 0 Å². The fraction of sp³-hybridized carbons (Fsp3) is 0.571. The molecule has 5 nitrogen and oxygen atoms in total. The summed E-state index contributed by atoms with van der Waals surface area (Å²) in [4.78, 5) is 14.0. The minimum atomic E-state index is -0.188. The molecule has 0 bridgehead atoms. The molecule has 0 saturated heterocycles. The van der Waals surface area contributed by atoms with Gasteiger partial charge in [-0.2, -0.15) is 5.10 Å². The van der Waals surface area contributed by atoms with Crippen LogP contribution in [0.15, 0.2) is 0 Å². The van der Waals surface area contributed by atoms with Gasteiger partial charge in [0.1, 0.15) is 9.71 Å². The van der Waals surface area contributed by atoms with E-state index >= 15 is 0 Å². The normalized spacial score (nSPS) is 12.1. The zero-order valence-corrected chi connectivity index (χ0v) is 13.5. The molecule has 0 aromatic carbocycles. The summed E-state index contributed by atoms with van der Waals surface area (Å²) in [5.74, 6) is -0.0886. The van der Waals surface area contributed by atoms with Crippen LogP contribution in [-0.2, 0) is 7.05 Å². The number of aromatic nitrogens is 2. The number of carbonyl (C=O) groups is 1. The van der Waals surface area contributed by atoms with Crippen LogP contribution in [0.2, 0.25) is 0 Å². The number of anilines is 1. The van der Waals surface area contributed by atoms with Gasteiger partial charge in [-0.15, -0.1) is 11.3 Å². The molecule has 2 aromatic rings.